The van der Waals surface area contributed by atoms with E-state index in [2.05, 4.69) is 34.1 Å². The molecular weight excluding hydrogens is 312 g/mol. The lowest BCUT2D eigenvalue weighted by atomic mass is 10.0. The predicted octanol–water partition coefficient (Wildman–Crippen LogP) is 2.02. The smallest absolute Gasteiger partial charge is 0.226 e. The molecule has 2 saturated heterocycles. The number of likely N-dealkylation sites (tertiary alicyclic amines) is 1. The molecule has 0 spiro atoms. The molecule has 3 heterocycles. The van der Waals surface area contributed by atoms with Crippen LogP contribution in [0.15, 0.2) is 24.3 Å². The summed E-state index contributed by atoms with van der Waals surface area (Å²) in [6.45, 7) is 4.63. The van der Waals surface area contributed by atoms with Gasteiger partial charge in [0.2, 0.25) is 5.95 Å². The fourth-order valence-corrected chi connectivity index (χ4v) is 4.06. The second-order valence-electron chi connectivity index (χ2n) is 7.54. The number of aliphatic hydroxyl groups excluding tert-OH is 1. The quantitative estimate of drug-likeness (QED) is 0.926. The summed E-state index contributed by atoms with van der Waals surface area (Å²) < 4.78 is 0. The largest absolute Gasteiger partial charge is 0.390 e. The van der Waals surface area contributed by atoms with E-state index in [4.69, 9.17) is 9.97 Å². The van der Waals surface area contributed by atoms with E-state index < -0.39 is 0 Å². The van der Waals surface area contributed by atoms with Crippen molar-refractivity contribution in [3.63, 3.8) is 0 Å². The van der Waals surface area contributed by atoms with Crippen LogP contribution in [0, 0.1) is 0 Å². The average molecular weight is 336 g/mol. The van der Waals surface area contributed by atoms with Gasteiger partial charge in [-0.15, -0.1) is 0 Å². The first-order valence-electron chi connectivity index (χ1n) is 9.41. The number of aryl methyl sites for hydroxylation is 1. The van der Waals surface area contributed by atoms with Crippen molar-refractivity contribution in [2.45, 2.75) is 38.3 Å². The number of hydrogen-bond donors (Lipinski definition) is 1. The highest BCUT2D eigenvalue weighted by Crippen LogP contribution is 2.33. The van der Waals surface area contributed by atoms with Crippen molar-refractivity contribution in [2.24, 2.45) is 0 Å². The number of nitrogens with zero attached hydrogens (tertiary/aromatic N) is 4. The van der Waals surface area contributed by atoms with Gasteiger partial charge in [-0.1, -0.05) is 18.2 Å². The Morgan fingerprint density at radius 3 is 2.72 bits per heavy atom. The van der Waals surface area contributed by atoms with E-state index in [1.165, 1.54) is 35.2 Å². The second kappa shape index (κ2) is 6.07. The molecule has 5 heteroatoms. The third kappa shape index (κ3) is 2.81. The number of rotatable bonds is 4. The van der Waals surface area contributed by atoms with Gasteiger partial charge in [-0.25, -0.2) is 9.97 Å². The van der Waals surface area contributed by atoms with Crippen molar-refractivity contribution < 1.29 is 5.11 Å². The van der Waals surface area contributed by atoms with Gasteiger partial charge in [0.25, 0.3) is 0 Å². The van der Waals surface area contributed by atoms with Crippen LogP contribution in [0.5, 0.6) is 0 Å². The summed E-state index contributed by atoms with van der Waals surface area (Å²) in [6, 6.07) is 8.75. The predicted molar refractivity (Wildman–Crippen MR) is 97.6 cm³/mol. The Morgan fingerprint density at radius 2 is 1.96 bits per heavy atom. The molecule has 5 rings (SSSR count). The van der Waals surface area contributed by atoms with E-state index >= 15 is 0 Å². The fourth-order valence-electron chi connectivity index (χ4n) is 4.06. The van der Waals surface area contributed by atoms with E-state index in [9.17, 15) is 5.11 Å². The van der Waals surface area contributed by atoms with Crippen LogP contribution in [0.4, 0.5) is 5.95 Å². The zero-order valence-corrected chi connectivity index (χ0v) is 14.5. The molecule has 0 radical (unpaired) electrons. The Labute approximate surface area is 148 Å². The summed E-state index contributed by atoms with van der Waals surface area (Å²) in [7, 11) is 0. The first kappa shape index (κ1) is 15.3. The minimum Gasteiger partial charge on any atom is -0.390 e. The van der Waals surface area contributed by atoms with Crippen LogP contribution in [0.25, 0.3) is 11.3 Å². The Hall–Kier alpha value is -1.98. The molecule has 0 unspecified atom stereocenters. The molecule has 0 saturated carbocycles. The normalized spacial score (nSPS) is 20.3. The van der Waals surface area contributed by atoms with Crippen molar-refractivity contribution in [2.75, 3.05) is 31.1 Å². The highest BCUT2D eigenvalue weighted by atomic mass is 16.3. The van der Waals surface area contributed by atoms with Gasteiger partial charge >= 0.3 is 0 Å². The van der Waals surface area contributed by atoms with Gasteiger partial charge in [0, 0.05) is 49.5 Å². The lowest BCUT2D eigenvalue weighted by Gasteiger charge is -2.35. The third-order valence-electron chi connectivity index (χ3n) is 5.60. The van der Waals surface area contributed by atoms with Crippen LogP contribution in [0.1, 0.15) is 29.7 Å². The van der Waals surface area contributed by atoms with Gasteiger partial charge < -0.3 is 10.0 Å². The minimum absolute atomic E-state index is 0.146. The molecule has 1 aromatic heterocycles. The lowest BCUT2D eigenvalue weighted by molar-refractivity contribution is -0.00285. The summed E-state index contributed by atoms with van der Waals surface area (Å²) in [5.41, 5.74) is 6.24. The number of β-amino-alcohol motifs (C(OH)–C–C–N with tert-alkyl or cyclic N) is 1. The maximum Gasteiger partial charge on any atom is 0.226 e. The van der Waals surface area contributed by atoms with Gasteiger partial charge in [-0.05, 0) is 37.3 Å². The minimum atomic E-state index is -0.146. The van der Waals surface area contributed by atoms with Crippen molar-refractivity contribution >= 4 is 5.95 Å². The molecule has 0 bridgehead atoms. The van der Waals surface area contributed by atoms with Crippen molar-refractivity contribution in [3.05, 3.63) is 41.1 Å². The summed E-state index contributed by atoms with van der Waals surface area (Å²) >= 11 is 0. The molecule has 5 nitrogen and oxygen atoms in total. The molecule has 2 aromatic rings. The summed E-state index contributed by atoms with van der Waals surface area (Å²) in [5, 5.41) is 9.48. The van der Waals surface area contributed by atoms with Crippen LogP contribution in [-0.4, -0.2) is 52.3 Å². The highest BCUT2D eigenvalue weighted by molar-refractivity contribution is 5.67. The number of hydrogen-bond acceptors (Lipinski definition) is 5. The van der Waals surface area contributed by atoms with E-state index in [1.54, 1.807) is 0 Å². The molecule has 2 fully saturated rings. The number of fused-ring (bicyclic) bond motifs is 1. The monoisotopic (exact) mass is 336 g/mol. The molecule has 1 aromatic carbocycles. The van der Waals surface area contributed by atoms with Crippen molar-refractivity contribution in [1.29, 1.82) is 0 Å². The molecule has 0 atom stereocenters. The Balaban J connectivity index is 1.48. The van der Waals surface area contributed by atoms with E-state index in [0.29, 0.717) is 0 Å². The van der Waals surface area contributed by atoms with Gasteiger partial charge in [-0.2, -0.15) is 0 Å². The topological polar surface area (TPSA) is 52.5 Å². The number of anilines is 1. The maximum atomic E-state index is 9.48. The average Bonchev–Trinajstić information content (AvgIpc) is 3.00. The highest BCUT2D eigenvalue weighted by Gasteiger charge is 2.26. The molecule has 2 aliphatic heterocycles. The van der Waals surface area contributed by atoms with Crippen LogP contribution >= 0.6 is 0 Å². The molecule has 3 aliphatic rings. The van der Waals surface area contributed by atoms with Gasteiger partial charge in [0.1, 0.15) is 0 Å². The van der Waals surface area contributed by atoms with Crippen LogP contribution in [-0.2, 0) is 19.4 Å². The van der Waals surface area contributed by atoms with E-state index in [0.717, 1.165) is 57.2 Å². The molecule has 25 heavy (non-hydrogen) atoms. The SMILES string of the molecule is OC1CN(Cc2cccc(-c3nc(N4CCC4)nc4c3CCC4)c2)C1. The van der Waals surface area contributed by atoms with Crippen molar-refractivity contribution in [1.82, 2.24) is 14.9 Å². The first-order valence-corrected chi connectivity index (χ1v) is 9.41. The molecule has 1 N–H and O–H groups in total. The number of aliphatic hydroxyl groups is 1. The molecule has 0 amide bonds. The molecular formula is C20H24N4O. The van der Waals surface area contributed by atoms with E-state index in [-0.39, 0.29) is 6.10 Å². The zero-order valence-electron chi connectivity index (χ0n) is 14.5. The summed E-state index contributed by atoms with van der Waals surface area (Å²) in [5.74, 6) is 0.915. The number of aromatic nitrogens is 2. The van der Waals surface area contributed by atoms with Gasteiger partial charge in [-0.3, -0.25) is 4.90 Å². The van der Waals surface area contributed by atoms with Gasteiger partial charge in [0.05, 0.1) is 11.8 Å². The lowest BCUT2D eigenvalue weighted by Crippen LogP contribution is -2.49. The Bertz CT molecular complexity index is 796. The standard InChI is InChI=1S/C20H24N4O/c25-16-12-23(13-16)11-14-4-1-5-15(10-14)19-17-6-2-7-18(17)21-20(22-19)24-8-3-9-24/h1,4-5,10,16,25H,2-3,6-9,11-13H2. The first-order chi connectivity index (χ1) is 12.3. The van der Waals surface area contributed by atoms with Gasteiger partial charge in [0.15, 0.2) is 0 Å². The van der Waals surface area contributed by atoms with E-state index in [1.807, 2.05) is 0 Å². The summed E-state index contributed by atoms with van der Waals surface area (Å²) in [4.78, 5) is 14.4. The van der Waals surface area contributed by atoms with Crippen LogP contribution in [0.3, 0.4) is 0 Å². The van der Waals surface area contributed by atoms with Crippen molar-refractivity contribution in [3.8, 4) is 11.3 Å². The molecule has 130 valence electrons. The Kier molecular flexibility index (Phi) is 3.71. The Morgan fingerprint density at radius 1 is 1.08 bits per heavy atom. The fraction of sp³-hybridized carbons (Fsp3) is 0.500. The molecule has 1 aliphatic carbocycles. The van der Waals surface area contributed by atoms with Crippen LogP contribution in [0.2, 0.25) is 0 Å². The third-order valence-corrected chi connectivity index (χ3v) is 5.60. The van der Waals surface area contributed by atoms with Crippen LogP contribution < -0.4 is 4.90 Å². The summed E-state index contributed by atoms with van der Waals surface area (Å²) in [6.07, 6.45) is 4.45. The maximum absolute atomic E-state index is 9.48. The second-order valence-corrected chi connectivity index (χ2v) is 7.54. The number of benzene rings is 1. The zero-order chi connectivity index (χ0) is 16.8.